The minimum atomic E-state index is -0.273. The van der Waals surface area contributed by atoms with Gasteiger partial charge >= 0.3 is 0 Å². The lowest BCUT2D eigenvalue weighted by molar-refractivity contribution is -0.116. The maximum absolute atomic E-state index is 11.5. The molecule has 0 saturated heterocycles. The lowest BCUT2D eigenvalue weighted by Gasteiger charge is -2.05. The van der Waals surface area contributed by atoms with Crippen LogP contribution in [-0.2, 0) is 4.79 Å². The molecule has 0 atom stereocenters. The van der Waals surface area contributed by atoms with Gasteiger partial charge < -0.3 is 10.6 Å². The Morgan fingerprint density at radius 1 is 1.35 bits per heavy atom. The fourth-order valence-corrected chi connectivity index (χ4v) is 1.27. The van der Waals surface area contributed by atoms with Gasteiger partial charge in [-0.1, -0.05) is 6.58 Å². The summed E-state index contributed by atoms with van der Waals surface area (Å²) in [6.45, 7) is 4.01. The highest BCUT2D eigenvalue weighted by Crippen LogP contribution is 2.06. The molecule has 1 heterocycles. The fraction of sp³-hybridized carbons (Fsp3) is 0.182. The van der Waals surface area contributed by atoms with Crippen LogP contribution in [0.2, 0.25) is 0 Å². The van der Waals surface area contributed by atoms with Crippen molar-refractivity contribution in [2.45, 2.75) is 0 Å². The van der Waals surface area contributed by atoms with Crippen LogP contribution < -0.4 is 10.6 Å². The second-order valence-electron chi connectivity index (χ2n) is 3.11. The minimum absolute atomic E-state index is 0.263. The first-order valence-corrected chi connectivity index (χ1v) is 5.73. The first-order chi connectivity index (χ1) is 8.13. The van der Waals surface area contributed by atoms with Gasteiger partial charge in [-0.15, -0.1) is 0 Å². The van der Waals surface area contributed by atoms with Crippen LogP contribution in [0.4, 0.5) is 0 Å². The molecule has 1 aromatic heterocycles. The molecule has 0 spiro atoms. The van der Waals surface area contributed by atoms with E-state index >= 15 is 0 Å². The van der Waals surface area contributed by atoms with Gasteiger partial charge in [0.25, 0.3) is 5.91 Å². The van der Waals surface area contributed by atoms with Gasteiger partial charge in [0.1, 0.15) is 5.69 Å². The molecule has 0 aliphatic carbocycles. The van der Waals surface area contributed by atoms with Crippen LogP contribution in [0, 0.1) is 0 Å². The van der Waals surface area contributed by atoms with E-state index in [2.05, 4.69) is 38.1 Å². The molecule has 0 aliphatic rings. The van der Waals surface area contributed by atoms with Crippen molar-refractivity contribution >= 4 is 27.7 Å². The Labute approximate surface area is 107 Å². The standard InChI is InChI=1S/C11H12BrN3O2/c1-2-10(16)13-5-6-14-11(17)9-4-3-8(12)7-15-9/h2-4,7H,1,5-6H2,(H,13,16)(H,14,17). The van der Waals surface area contributed by atoms with Gasteiger partial charge in [-0.25, -0.2) is 4.98 Å². The third kappa shape index (κ3) is 4.78. The predicted molar refractivity (Wildman–Crippen MR) is 67.5 cm³/mol. The monoisotopic (exact) mass is 297 g/mol. The molecule has 0 fully saturated rings. The Morgan fingerprint density at radius 2 is 2.06 bits per heavy atom. The van der Waals surface area contributed by atoms with Crippen LogP contribution in [0.3, 0.4) is 0 Å². The number of rotatable bonds is 5. The van der Waals surface area contributed by atoms with Crippen LogP contribution in [0.25, 0.3) is 0 Å². The zero-order valence-electron chi connectivity index (χ0n) is 9.07. The van der Waals surface area contributed by atoms with Crippen molar-refractivity contribution in [2.75, 3.05) is 13.1 Å². The highest BCUT2D eigenvalue weighted by atomic mass is 79.9. The number of amides is 2. The summed E-state index contributed by atoms with van der Waals surface area (Å²) < 4.78 is 0.812. The predicted octanol–water partition coefficient (Wildman–Crippen LogP) is 0.876. The van der Waals surface area contributed by atoms with Gasteiger partial charge in [-0.3, -0.25) is 9.59 Å². The highest BCUT2D eigenvalue weighted by Gasteiger charge is 2.05. The molecule has 0 radical (unpaired) electrons. The molecule has 1 aromatic rings. The summed E-state index contributed by atoms with van der Waals surface area (Å²) in [6.07, 6.45) is 2.73. The molecule has 0 saturated carbocycles. The van der Waals surface area contributed by atoms with Crippen molar-refractivity contribution < 1.29 is 9.59 Å². The second kappa shape index (κ2) is 6.80. The molecule has 2 N–H and O–H groups in total. The molecule has 0 unspecified atom stereocenters. The van der Waals surface area contributed by atoms with Crippen LogP contribution in [-0.4, -0.2) is 29.9 Å². The topological polar surface area (TPSA) is 71.1 Å². The molecule has 0 bridgehead atoms. The molecule has 17 heavy (non-hydrogen) atoms. The van der Waals surface area contributed by atoms with Crippen molar-refractivity contribution in [3.05, 3.63) is 41.2 Å². The van der Waals surface area contributed by atoms with E-state index in [1.807, 2.05) is 0 Å². The first-order valence-electron chi connectivity index (χ1n) is 4.93. The summed E-state index contributed by atoms with van der Waals surface area (Å²) in [6, 6.07) is 3.35. The quantitative estimate of drug-likeness (QED) is 0.626. The Hall–Kier alpha value is -1.69. The van der Waals surface area contributed by atoms with Crippen molar-refractivity contribution in [3.8, 4) is 0 Å². The SMILES string of the molecule is C=CC(=O)NCCNC(=O)c1ccc(Br)cn1. The van der Waals surface area contributed by atoms with Gasteiger partial charge in [0.2, 0.25) is 5.91 Å². The number of halogens is 1. The molecule has 5 nitrogen and oxygen atoms in total. The van der Waals surface area contributed by atoms with Crippen LogP contribution in [0.5, 0.6) is 0 Å². The van der Waals surface area contributed by atoms with Gasteiger partial charge in [-0.05, 0) is 34.1 Å². The summed E-state index contributed by atoms with van der Waals surface area (Å²) in [5.41, 5.74) is 0.336. The summed E-state index contributed by atoms with van der Waals surface area (Å²) in [7, 11) is 0. The summed E-state index contributed by atoms with van der Waals surface area (Å²) in [5, 5.41) is 5.18. The van der Waals surface area contributed by atoms with Gasteiger partial charge in [0.05, 0.1) is 0 Å². The van der Waals surface area contributed by atoms with E-state index in [1.165, 1.54) is 6.08 Å². The van der Waals surface area contributed by atoms with E-state index in [1.54, 1.807) is 18.3 Å². The van der Waals surface area contributed by atoms with Gasteiger partial charge in [-0.2, -0.15) is 0 Å². The van der Waals surface area contributed by atoms with Gasteiger partial charge in [0.15, 0.2) is 0 Å². The summed E-state index contributed by atoms with van der Waals surface area (Å²) in [5.74, 6) is -0.536. The number of carbonyl (C=O) groups excluding carboxylic acids is 2. The maximum atomic E-state index is 11.5. The Balaban J connectivity index is 2.32. The van der Waals surface area contributed by atoms with Crippen LogP contribution in [0.1, 0.15) is 10.5 Å². The molecule has 2 amide bonds. The summed E-state index contributed by atoms with van der Waals surface area (Å²) >= 11 is 3.23. The number of pyridine rings is 1. The molecular formula is C11H12BrN3O2. The average molecular weight is 298 g/mol. The fourth-order valence-electron chi connectivity index (χ4n) is 1.03. The van der Waals surface area contributed by atoms with E-state index in [4.69, 9.17) is 0 Å². The lowest BCUT2D eigenvalue weighted by atomic mass is 10.3. The summed E-state index contributed by atoms with van der Waals surface area (Å²) in [4.78, 5) is 26.3. The molecule has 6 heteroatoms. The van der Waals surface area contributed by atoms with E-state index < -0.39 is 0 Å². The molecular weight excluding hydrogens is 286 g/mol. The zero-order chi connectivity index (χ0) is 12.7. The average Bonchev–Trinajstić information content (AvgIpc) is 2.34. The molecule has 90 valence electrons. The first kappa shape index (κ1) is 13.4. The van der Waals surface area contributed by atoms with Crippen molar-refractivity contribution in [2.24, 2.45) is 0 Å². The third-order valence-corrected chi connectivity index (χ3v) is 2.32. The smallest absolute Gasteiger partial charge is 0.269 e. The van der Waals surface area contributed by atoms with E-state index in [0.29, 0.717) is 18.8 Å². The molecule has 0 aliphatic heterocycles. The number of nitrogens with zero attached hydrogens (tertiary/aromatic N) is 1. The van der Waals surface area contributed by atoms with Crippen molar-refractivity contribution in [1.29, 1.82) is 0 Å². The maximum Gasteiger partial charge on any atom is 0.269 e. The number of aromatic nitrogens is 1. The third-order valence-electron chi connectivity index (χ3n) is 1.86. The molecule has 0 aromatic carbocycles. The Morgan fingerprint density at radius 3 is 2.65 bits per heavy atom. The Kier molecular flexibility index (Phi) is 5.35. The van der Waals surface area contributed by atoms with E-state index in [0.717, 1.165) is 4.47 Å². The second-order valence-corrected chi connectivity index (χ2v) is 4.03. The Bertz CT molecular complexity index is 417. The number of hydrogen-bond donors (Lipinski definition) is 2. The van der Waals surface area contributed by atoms with E-state index in [-0.39, 0.29) is 11.8 Å². The normalized spacial score (nSPS) is 9.47. The number of nitrogens with one attached hydrogen (secondary N) is 2. The van der Waals surface area contributed by atoms with Crippen molar-refractivity contribution in [3.63, 3.8) is 0 Å². The number of carbonyl (C=O) groups is 2. The lowest BCUT2D eigenvalue weighted by Crippen LogP contribution is -2.34. The van der Waals surface area contributed by atoms with Crippen LogP contribution in [0.15, 0.2) is 35.5 Å². The van der Waals surface area contributed by atoms with Crippen LogP contribution >= 0.6 is 15.9 Å². The van der Waals surface area contributed by atoms with E-state index in [9.17, 15) is 9.59 Å². The zero-order valence-corrected chi connectivity index (χ0v) is 10.7. The van der Waals surface area contributed by atoms with Crippen molar-refractivity contribution in [1.82, 2.24) is 15.6 Å². The van der Waals surface area contributed by atoms with Gasteiger partial charge in [0, 0.05) is 23.8 Å². The highest BCUT2D eigenvalue weighted by molar-refractivity contribution is 9.10. The number of hydrogen-bond acceptors (Lipinski definition) is 3. The molecule has 1 rings (SSSR count). The minimum Gasteiger partial charge on any atom is -0.351 e. The largest absolute Gasteiger partial charge is 0.351 e.